The maximum atomic E-state index is 13.3. The molecule has 0 radical (unpaired) electrons. The molecule has 8 nitrogen and oxygen atoms in total. The molecule has 8 heteroatoms. The monoisotopic (exact) mass is 437 g/mol. The summed E-state index contributed by atoms with van der Waals surface area (Å²) in [5.74, 6) is 0.596. The molecular weight excluding hydrogens is 406 g/mol. The van der Waals surface area contributed by atoms with E-state index in [9.17, 15) is 4.79 Å². The van der Waals surface area contributed by atoms with Crippen LogP contribution in [0, 0.1) is 0 Å². The molecule has 0 aliphatic carbocycles. The lowest BCUT2D eigenvalue weighted by Crippen LogP contribution is -2.30. The Morgan fingerprint density at radius 1 is 1.25 bits per heavy atom. The van der Waals surface area contributed by atoms with E-state index in [1.54, 1.807) is 12.4 Å². The molecule has 1 amide bonds. The minimum Gasteiger partial charge on any atom is -0.491 e. The largest absolute Gasteiger partial charge is 0.491 e. The Morgan fingerprint density at radius 2 is 2.03 bits per heavy atom. The summed E-state index contributed by atoms with van der Waals surface area (Å²) in [6, 6.07) is 8.01. The number of para-hydroxylation sites is 1. The Labute approximate surface area is 188 Å². The fourth-order valence-corrected chi connectivity index (χ4v) is 3.92. The SMILES string of the molecule is CCn1ncc2c(NC3CCOCC3)c(C(=O)NCc3ccccc3OC(C)C)cnc21. The van der Waals surface area contributed by atoms with Crippen molar-refractivity contribution >= 4 is 22.6 Å². The summed E-state index contributed by atoms with van der Waals surface area (Å²) in [5.41, 5.74) is 3.00. The summed E-state index contributed by atoms with van der Waals surface area (Å²) in [4.78, 5) is 17.8. The first kappa shape index (κ1) is 22.1. The first-order chi connectivity index (χ1) is 15.6. The number of anilines is 1. The van der Waals surface area contributed by atoms with Gasteiger partial charge in [0.15, 0.2) is 5.65 Å². The fourth-order valence-electron chi connectivity index (χ4n) is 3.92. The van der Waals surface area contributed by atoms with Crippen molar-refractivity contribution in [3.05, 3.63) is 47.8 Å². The summed E-state index contributed by atoms with van der Waals surface area (Å²) < 4.78 is 13.2. The maximum absolute atomic E-state index is 13.3. The molecule has 0 atom stereocenters. The lowest BCUT2D eigenvalue weighted by molar-refractivity contribution is 0.0904. The average Bonchev–Trinajstić information content (AvgIpc) is 3.22. The van der Waals surface area contributed by atoms with E-state index in [4.69, 9.17) is 9.47 Å². The number of aryl methyl sites for hydroxylation is 1. The van der Waals surface area contributed by atoms with Gasteiger partial charge in [0.05, 0.1) is 28.9 Å². The van der Waals surface area contributed by atoms with Crippen LogP contribution in [-0.2, 0) is 17.8 Å². The molecule has 2 aromatic heterocycles. The van der Waals surface area contributed by atoms with Gasteiger partial charge in [0.2, 0.25) is 0 Å². The molecule has 1 fully saturated rings. The highest BCUT2D eigenvalue weighted by Gasteiger charge is 2.22. The van der Waals surface area contributed by atoms with Crippen LogP contribution in [0.15, 0.2) is 36.7 Å². The van der Waals surface area contributed by atoms with Crippen LogP contribution < -0.4 is 15.4 Å². The van der Waals surface area contributed by atoms with Gasteiger partial charge in [-0.15, -0.1) is 0 Å². The standard InChI is InChI=1S/C24H31N5O3/c1-4-29-23-19(15-27-29)22(28-18-9-11-31-12-10-18)20(14-25-23)24(30)26-13-17-7-5-6-8-21(17)32-16(2)3/h5-8,14-16,18H,4,9-13H2,1-3H3,(H,25,28)(H,26,30). The number of rotatable bonds is 8. The van der Waals surface area contributed by atoms with Crippen molar-refractivity contribution in [1.29, 1.82) is 0 Å². The minimum atomic E-state index is -0.183. The van der Waals surface area contributed by atoms with Crippen molar-refractivity contribution in [2.24, 2.45) is 0 Å². The number of hydrogen-bond acceptors (Lipinski definition) is 6. The van der Waals surface area contributed by atoms with Gasteiger partial charge in [-0.1, -0.05) is 18.2 Å². The van der Waals surface area contributed by atoms with Crippen LogP contribution in [0.4, 0.5) is 5.69 Å². The first-order valence-corrected chi connectivity index (χ1v) is 11.3. The highest BCUT2D eigenvalue weighted by atomic mass is 16.5. The number of aromatic nitrogens is 3. The number of fused-ring (bicyclic) bond motifs is 1. The minimum absolute atomic E-state index is 0.0591. The van der Waals surface area contributed by atoms with Crippen molar-refractivity contribution in [1.82, 2.24) is 20.1 Å². The van der Waals surface area contributed by atoms with Crippen LogP contribution in [-0.4, -0.2) is 46.0 Å². The van der Waals surface area contributed by atoms with Gasteiger partial charge < -0.3 is 20.1 Å². The molecule has 0 saturated carbocycles. The third-order valence-corrected chi connectivity index (χ3v) is 5.55. The van der Waals surface area contributed by atoms with E-state index in [-0.39, 0.29) is 18.1 Å². The number of carbonyl (C=O) groups excluding carboxylic acids is 1. The van der Waals surface area contributed by atoms with E-state index in [0.717, 1.165) is 40.9 Å². The average molecular weight is 438 g/mol. The molecule has 2 N–H and O–H groups in total. The number of nitrogens with zero attached hydrogens (tertiary/aromatic N) is 3. The highest BCUT2D eigenvalue weighted by molar-refractivity contribution is 6.06. The summed E-state index contributed by atoms with van der Waals surface area (Å²) in [5, 5.41) is 11.9. The van der Waals surface area contributed by atoms with E-state index in [2.05, 4.69) is 20.7 Å². The van der Waals surface area contributed by atoms with Gasteiger partial charge in [0.25, 0.3) is 5.91 Å². The van der Waals surface area contributed by atoms with Gasteiger partial charge in [0.1, 0.15) is 5.75 Å². The van der Waals surface area contributed by atoms with Crippen molar-refractivity contribution < 1.29 is 14.3 Å². The second kappa shape index (κ2) is 9.99. The van der Waals surface area contributed by atoms with Crippen LogP contribution >= 0.6 is 0 Å². The number of pyridine rings is 1. The summed E-state index contributed by atoms with van der Waals surface area (Å²) in [7, 11) is 0. The number of benzene rings is 1. The Hall–Kier alpha value is -3.13. The quantitative estimate of drug-likeness (QED) is 0.558. The molecule has 3 heterocycles. The molecule has 0 spiro atoms. The molecule has 4 rings (SSSR count). The molecular formula is C24H31N5O3. The first-order valence-electron chi connectivity index (χ1n) is 11.3. The smallest absolute Gasteiger partial charge is 0.255 e. The number of hydrogen-bond donors (Lipinski definition) is 2. The van der Waals surface area contributed by atoms with E-state index in [1.807, 2.05) is 49.7 Å². The topological polar surface area (TPSA) is 90.3 Å². The van der Waals surface area contributed by atoms with Gasteiger partial charge in [0, 0.05) is 44.1 Å². The second-order valence-corrected chi connectivity index (χ2v) is 8.23. The maximum Gasteiger partial charge on any atom is 0.255 e. The zero-order valence-electron chi connectivity index (χ0n) is 18.9. The van der Waals surface area contributed by atoms with Crippen LogP contribution in [0.1, 0.15) is 49.5 Å². The van der Waals surface area contributed by atoms with E-state index in [0.29, 0.717) is 31.9 Å². The van der Waals surface area contributed by atoms with Crippen molar-refractivity contribution in [3.8, 4) is 5.75 Å². The third-order valence-electron chi connectivity index (χ3n) is 5.55. The highest BCUT2D eigenvalue weighted by Crippen LogP contribution is 2.28. The van der Waals surface area contributed by atoms with Gasteiger partial charge in [-0.25, -0.2) is 9.67 Å². The molecule has 1 aliphatic rings. The molecule has 170 valence electrons. The number of amides is 1. The zero-order valence-corrected chi connectivity index (χ0v) is 18.9. The Kier molecular flexibility index (Phi) is 6.90. The Bertz CT molecular complexity index is 1070. The molecule has 32 heavy (non-hydrogen) atoms. The van der Waals surface area contributed by atoms with E-state index in [1.165, 1.54) is 0 Å². The molecule has 1 aliphatic heterocycles. The molecule has 0 unspecified atom stereocenters. The van der Waals surface area contributed by atoms with Gasteiger partial charge in [-0.3, -0.25) is 4.79 Å². The van der Waals surface area contributed by atoms with Crippen LogP contribution in [0.2, 0.25) is 0 Å². The van der Waals surface area contributed by atoms with E-state index >= 15 is 0 Å². The van der Waals surface area contributed by atoms with Crippen molar-refractivity contribution in [2.45, 2.75) is 58.8 Å². The molecule has 1 aromatic carbocycles. The normalized spacial score (nSPS) is 14.6. The van der Waals surface area contributed by atoms with Gasteiger partial charge >= 0.3 is 0 Å². The van der Waals surface area contributed by atoms with Gasteiger partial charge in [-0.05, 0) is 39.7 Å². The number of carbonyl (C=O) groups is 1. The second-order valence-electron chi connectivity index (χ2n) is 8.23. The van der Waals surface area contributed by atoms with Gasteiger partial charge in [-0.2, -0.15) is 5.10 Å². The van der Waals surface area contributed by atoms with Crippen LogP contribution in [0.3, 0.4) is 0 Å². The predicted octanol–water partition coefficient (Wildman–Crippen LogP) is 3.76. The zero-order chi connectivity index (χ0) is 22.5. The molecule has 1 saturated heterocycles. The molecule has 3 aromatic rings. The third kappa shape index (κ3) is 4.85. The fraction of sp³-hybridized carbons (Fsp3) is 0.458. The lowest BCUT2D eigenvalue weighted by atomic mass is 10.1. The Morgan fingerprint density at radius 3 is 2.78 bits per heavy atom. The van der Waals surface area contributed by atoms with Crippen molar-refractivity contribution in [2.75, 3.05) is 18.5 Å². The lowest BCUT2D eigenvalue weighted by Gasteiger charge is -2.25. The van der Waals surface area contributed by atoms with Crippen LogP contribution in [0.25, 0.3) is 11.0 Å². The number of ether oxygens (including phenoxy) is 2. The van der Waals surface area contributed by atoms with Crippen LogP contribution in [0.5, 0.6) is 5.75 Å². The summed E-state index contributed by atoms with van der Waals surface area (Å²) in [6.07, 6.45) is 5.28. The predicted molar refractivity (Wildman–Crippen MR) is 124 cm³/mol. The summed E-state index contributed by atoms with van der Waals surface area (Å²) >= 11 is 0. The number of nitrogens with one attached hydrogen (secondary N) is 2. The Balaban J connectivity index is 1.60. The summed E-state index contributed by atoms with van der Waals surface area (Å²) in [6.45, 7) is 8.51. The van der Waals surface area contributed by atoms with Crippen molar-refractivity contribution in [3.63, 3.8) is 0 Å². The molecule has 0 bridgehead atoms. The van der Waals surface area contributed by atoms with E-state index < -0.39 is 0 Å².